The maximum absolute atomic E-state index is 9.55. The smallest absolute Gasteiger partial charge is 0.328 e. The molecule has 0 bridgehead atoms. The maximum Gasteiger partial charge on any atom is 0.328 e. The van der Waals surface area contributed by atoms with Crippen LogP contribution in [0.15, 0.2) is 46.6 Å². The van der Waals surface area contributed by atoms with Gasteiger partial charge in [0.05, 0.1) is 6.21 Å². The molecule has 0 aliphatic heterocycles. The van der Waals surface area contributed by atoms with Crippen molar-refractivity contribution in [3.63, 3.8) is 0 Å². The highest BCUT2D eigenvalue weighted by Crippen LogP contribution is 2.41. The van der Waals surface area contributed by atoms with Gasteiger partial charge in [0.2, 0.25) is 5.96 Å². The van der Waals surface area contributed by atoms with Crippen molar-refractivity contribution >= 4 is 24.1 Å². The first kappa shape index (κ1) is 17.9. The Morgan fingerprint density at radius 3 is 2.13 bits per heavy atom. The van der Waals surface area contributed by atoms with Crippen molar-refractivity contribution in [3.05, 3.63) is 47.5 Å². The number of carbonyl (C=O) groups is 2. The lowest BCUT2D eigenvalue weighted by atomic mass is 10.0. The second-order valence-corrected chi connectivity index (χ2v) is 4.68. The fraction of sp³-hybridized carbons (Fsp3) is 0.200. The lowest BCUT2D eigenvalue weighted by Crippen LogP contribution is -2.21. The van der Waals surface area contributed by atoms with Crippen LogP contribution in [0.2, 0.25) is 0 Å². The average Bonchev–Trinajstić information content (AvgIpc) is 3.30. The van der Waals surface area contributed by atoms with Crippen LogP contribution in [-0.4, -0.2) is 34.3 Å². The fourth-order valence-electron chi connectivity index (χ4n) is 1.69. The molecule has 1 aromatic carbocycles. The summed E-state index contributed by atoms with van der Waals surface area (Å²) in [6, 6.07) is 8.20. The van der Waals surface area contributed by atoms with E-state index in [1.165, 1.54) is 18.4 Å². The highest BCUT2D eigenvalue weighted by Gasteiger charge is 2.24. The number of hydrogen-bond acceptors (Lipinski definition) is 4. The van der Waals surface area contributed by atoms with Crippen LogP contribution in [0.5, 0.6) is 0 Å². The molecule has 23 heavy (non-hydrogen) atoms. The van der Waals surface area contributed by atoms with E-state index in [9.17, 15) is 9.59 Å². The van der Waals surface area contributed by atoms with Crippen molar-refractivity contribution < 1.29 is 19.8 Å². The number of guanidine groups is 1. The van der Waals surface area contributed by atoms with E-state index in [2.05, 4.69) is 16.3 Å². The standard InChI is InChI=1S/C11H14N4.C4H4O4/c12-11(13)15-14-7-9-3-1-2-4-10(9)8-5-6-8;5-3(6)1-2-4(7)8/h1-4,7-8H,5-6H2,(H4,12,13,15);1-2H,(H,5,6)(H,7,8)/b;2-1-. The van der Waals surface area contributed by atoms with E-state index in [4.69, 9.17) is 21.7 Å². The maximum atomic E-state index is 9.55. The zero-order valence-corrected chi connectivity index (χ0v) is 12.3. The Bertz CT molecular complexity index is 629. The largest absolute Gasteiger partial charge is 0.478 e. The molecule has 0 amide bonds. The second kappa shape index (κ2) is 8.98. The van der Waals surface area contributed by atoms with Crippen LogP contribution in [0.4, 0.5) is 0 Å². The van der Waals surface area contributed by atoms with E-state index >= 15 is 0 Å². The minimum absolute atomic E-state index is 0.0184. The van der Waals surface area contributed by atoms with Crippen LogP contribution in [-0.2, 0) is 9.59 Å². The number of benzene rings is 1. The van der Waals surface area contributed by atoms with Crippen LogP contribution in [0.1, 0.15) is 29.9 Å². The van der Waals surface area contributed by atoms with Crippen LogP contribution in [0.25, 0.3) is 0 Å². The number of carboxylic acid groups (broad SMARTS) is 2. The van der Waals surface area contributed by atoms with Crippen LogP contribution in [0, 0.1) is 0 Å². The Morgan fingerprint density at radius 1 is 1.09 bits per heavy atom. The molecule has 8 heteroatoms. The summed E-state index contributed by atoms with van der Waals surface area (Å²) in [7, 11) is 0. The van der Waals surface area contributed by atoms with Crippen molar-refractivity contribution in [2.75, 3.05) is 0 Å². The van der Waals surface area contributed by atoms with Crippen molar-refractivity contribution in [2.24, 2.45) is 21.7 Å². The minimum atomic E-state index is -1.26. The first-order valence-electron chi connectivity index (χ1n) is 6.75. The monoisotopic (exact) mass is 318 g/mol. The van der Waals surface area contributed by atoms with Crippen molar-refractivity contribution in [3.8, 4) is 0 Å². The highest BCUT2D eigenvalue weighted by atomic mass is 16.4. The van der Waals surface area contributed by atoms with Gasteiger partial charge in [0.15, 0.2) is 0 Å². The summed E-state index contributed by atoms with van der Waals surface area (Å²) in [6.45, 7) is 0. The summed E-state index contributed by atoms with van der Waals surface area (Å²) in [5.41, 5.74) is 12.8. The molecule has 1 aliphatic carbocycles. The lowest BCUT2D eigenvalue weighted by molar-refractivity contribution is -0.134. The van der Waals surface area contributed by atoms with Gasteiger partial charge in [0.25, 0.3) is 0 Å². The van der Waals surface area contributed by atoms with Crippen molar-refractivity contribution in [1.29, 1.82) is 0 Å². The van der Waals surface area contributed by atoms with Crippen molar-refractivity contribution in [2.45, 2.75) is 18.8 Å². The highest BCUT2D eigenvalue weighted by molar-refractivity contribution is 5.89. The molecule has 1 aliphatic rings. The summed E-state index contributed by atoms with van der Waals surface area (Å²) in [5.74, 6) is -1.83. The first-order chi connectivity index (χ1) is 10.9. The van der Waals surface area contributed by atoms with Crippen LogP contribution < -0.4 is 11.5 Å². The van der Waals surface area contributed by atoms with Gasteiger partial charge in [-0.2, -0.15) is 5.10 Å². The van der Waals surface area contributed by atoms with Gasteiger partial charge in [0.1, 0.15) is 0 Å². The van der Waals surface area contributed by atoms with E-state index < -0.39 is 11.9 Å². The van der Waals surface area contributed by atoms with Gasteiger partial charge in [-0.05, 0) is 29.9 Å². The zero-order valence-electron chi connectivity index (χ0n) is 12.3. The number of nitrogens with zero attached hydrogens (tertiary/aromatic N) is 2. The van der Waals surface area contributed by atoms with E-state index in [0.717, 1.165) is 5.56 Å². The molecule has 2 rings (SSSR count). The van der Waals surface area contributed by atoms with Gasteiger partial charge in [-0.3, -0.25) is 0 Å². The number of carboxylic acids is 2. The van der Waals surface area contributed by atoms with Gasteiger partial charge in [-0.1, -0.05) is 24.3 Å². The van der Waals surface area contributed by atoms with Gasteiger partial charge in [-0.25, -0.2) is 9.59 Å². The number of hydrogen-bond donors (Lipinski definition) is 4. The molecule has 0 unspecified atom stereocenters. The normalized spacial score (nSPS) is 13.4. The molecule has 0 atom stereocenters. The third-order valence-corrected chi connectivity index (χ3v) is 2.75. The molecule has 1 saturated carbocycles. The fourth-order valence-corrected chi connectivity index (χ4v) is 1.69. The Morgan fingerprint density at radius 2 is 1.65 bits per heavy atom. The molecule has 1 fully saturated rings. The quantitative estimate of drug-likeness (QED) is 0.274. The van der Waals surface area contributed by atoms with E-state index in [-0.39, 0.29) is 5.96 Å². The summed E-state index contributed by atoms with van der Waals surface area (Å²) in [4.78, 5) is 19.1. The zero-order chi connectivity index (χ0) is 17.2. The minimum Gasteiger partial charge on any atom is -0.478 e. The topological polar surface area (TPSA) is 151 Å². The molecular formula is C15H18N4O4. The molecule has 0 spiro atoms. The predicted octanol–water partition coefficient (Wildman–Crippen LogP) is 0.883. The molecular weight excluding hydrogens is 300 g/mol. The molecule has 0 aromatic heterocycles. The van der Waals surface area contributed by atoms with Gasteiger partial charge in [0, 0.05) is 12.2 Å². The molecule has 1 aromatic rings. The van der Waals surface area contributed by atoms with Gasteiger partial charge in [-0.15, -0.1) is 5.10 Å². The molecule has 0 saturated heterocycles. The molecule has 8 nitrogen and oxygen atoms in total. The molecule has 122 valence electrons. The third-order valence-electron chi connectivity index (χ3n) is 2.75. The summed E-state index contributed by atoms with van der Waals surface area (Å²) >= 11 is 0. The average molecular weight is 318 g/mol. The summed E-state index contributed by atoms with van der Waals surface area (Å²) in [6.07, 6.45) is 5.36. The first-order valence-corrected chi connectivity index (χ1v) is 6.75. The molecule has 0 radical (unpaired) electrons. The SMILES string of the molecule is NC(N)=NN=Cc1ccccc1C1CC1.O=C(O)/C=C\C(=O)O. The lowest BCUT2D eigenvalue weighted by Gasteiger charge is -2.01. The number of aliphatic carboxylic acids is 2. The Balaban J connectivity index is 0.000000284. The molecule has 0 heterocycles. The predicted molar refractivity (Wildman–Crippen MR) is 86.2 cm³/mol. The summed E-state index contributed by atoms with van der Waals surface area (Å²) in [5, 5.41) is 23.0. The van der Waals surface area contributed by atoms with Crippen LogP contribution >= 0.6 is 0 Å². The van der Waals surface area contributed by atoms with Gasteiger partial charge < -0.3 is 21.7 Å². The molecule has 6 N–H and O–H groups in total. The van der Waals surface area contributed by atoms with Crippen LogP contribution in [0.3, 0.4) is 0 Å². The van der Waals surface area contributed by atoms with Crippen molar-refractivity contribution in [1.82, 2.24) is 0 Å². The van der Waals surface area contributed by atoms with E-state index in [0.29, 0.717) is 18.1 Å². The van der Waals surface area contributed by atoms with E-state index in [1.807, 2.05) is 18.2 Å². The second-order valence-electron chi connectivity index (χ2n) is 4.68. The Hall–Kier alpha value is -3.16. The Kier molecular flexibility index (Phi) is 6.99. The van der Waals surface area contributed by atoms with E-state index in [1.54, 1.807) is 6.21 Å². The number of rotatable bonds is 5. The van der Waals surface area contributed by atoms with Gasteiger partial charge >= 0.3 is 11.9 Å². The number of nitrogens with two attached hydrogens (primary N) is 2. The summed E-state index contributed by atoms with van der Waals surface area (Å²) < 4.78 is 0. The Labute approximate surface area is 132 Å². The third kappa shape index (κ3) is 8.00.